The molecule has 1 amide bonds. The summed E-state index contributed by atoms with van der Waals surface area (Å²) in [6.07, 6.45) is 1.85. The summed E-state index contributed by atoms with van der Waals surface area (Å²) in [4.78, 5) is 12.4. The molecule has 0 unspecified atom stereocenters. The van der Waals surface area contributed by atoms with Gasteiger partial charge >= 0.3 is 0 Å². The van der Waals surface area contributed by atoms with Crippen molar-refractivity contribution in [3.63, 3.8) is 0 Å². The van der Waals surface area contributed by atoms with Crippen molar-refractivity contribution < 1.29 is 4.79 Å². The molecule has 0 saturated carbocycles. The van der Waals surface area contributed by atoms with E-state index in [1.165, 1.54) is 5.56 Å². The number of aryl methyl sites for hydroxylation is 2. The summed E-state index contributed by atoms with van der Waals surface area (Å²) < 4.78 is 0.897. The number of hydrogen-bond acceptors (Lipinski definition) is 1. The molecule has 0 aliphatic heterocycles. The van der Waals surface area contributed by atoms with Crippen LogP contribution in [0.15, 0.2) is 46.9 Å². The molecule has 0 saturated heterocycles. The predicted octanol–water partition coefficient (Wildman–Crippen LogP) is 5.18. The van der Waals surface area contributed by atoms with Gasteiger partial charge in [0.1, 0.15) is 0 Å². The molecule has 0 spiro atoms. The Labute approximate surface area is 138 Å². The Bertz CT molecular complexity index is 642. The van der Waals surface area contributed by atoms with Crippen LogP contribution in [0.25, 0.3) is 0 Å². The number of hydrogen-bond donors (Lipinski definition) is 1. The maximum Gasteiger partial charge on any atom is 0.255 e. The molecular weight excluding hydrogens is 350 g/mol. The van der Waals surface area contributed by atoms with E-state index >= 15 is 0 Å². The zero-order valence-corrected chi connectivity index (χ0v) is 14.2. The molecule has 0 bridgehead atoms. The number of alkyl halides is 1. The zero-order chi connectivity index (χ0) is 15.2. The second-order valence-electron chi connectivity index (χ2n) is 4.91. The number of rotatable bonds is 5. The third-order valence-electron chi connectivity index (χ3n) is 3.23. The molecule has 0 aromatic heterocycles. The number of nitrogens with one attached hydrogen (secondary N) is 1. The molecule has 1 N–H and O–H groups in total. The lowest BCUT2D eigenvalue weighted by molar-refractivity contribution is 0.102. The van der Waals surface area contributed by atoms with Gasteiger partial charge in [0.05, 0.1) is 0 Å². The maximum atomic E-state index is 12.4. The van der Waals surface area contributed by atoms with Gasteiger partial charge < -0.3 is 5.32 Å². The summed E-state index contributed by atoms with van der Waals surface area (Å²) >= 11 is 9.11. The first-order valence-corrected chi connectivity index (χ1v) is 8.15. The largest absolute Gasteiger partial charge is 0.322 e. The number of carbonyl (C=O) groups excluding carboxylic acids is 1. The fraction of sp³-hybridized carbons (Fsp3) is 0.235. The van der Waals surface area contributed by atoms with E-state index in [2.05, 4.69) is 21.2 Å². The van der Waals surface area contributed by atoms with Gasteiger partial charge in [-0.1, -0.05) is 34.1 Å². The molecule has 2 nitrogen and oxygen atoms in total. The van der Waals surface area contributed by atoms with Crippen molar-refractivity contribution in [1.29, 1.82) is 0 Å². The Morgan fingerprint density at radius 3 is 2.81 bits per heavy atom. The van der Waals surface area contributed by atoms with Gasteiger partial charge in [-0.3, -0.25) is 4.79 Å². The number of carbonyl (C=O) groups is 1. The number of amides is 1. The first-order chi connectivity index (χ1) is 10.1. The van der Waals surface area contributed by atoms with Gasteiger partial charge in [-0.05, 0) is 55.2 Å². The second-order valence-corrected chi connectivity index (χ2v) is 6.20. The van der Waals surface area contributed by atoms with E-state index in [0.717, 1.165) is 28.6 Å². The number of benzene rings is 2. The van der Waals surface area contributed by atoms with E-state index in [1.54, 1.807) is 0 Å². The molecule has 110 valence electrons. The van der Waals surface area contributed by atoms with E-state index < -0.39 is 0 Å². The van der Waals surface area contributed by atoms with Crippen LogP contribution in [0.1, 0.15) is 27.9 Å². The SMILES string of the molecule is Cc1ccc(Br)cc1C(=O)Nc1cccc(CCCCl)c1. The molecule has 2 aromatic carbocycles. The Kier molecular flexibility index (Phi) is 5.83. The van der Waals surface area contributed by atoms with Gasteiger partial charge in [-0.25, -0.2) is 0 Å². The maximum absolute atomic E-state index is 12.4. The van der Waals surface area contributed by atoms with Gasteiger partial charge in [-0.15, -0.1) is 11.6 Å². The van der Waals surface area contributed by atoms with Crippen LogP contribution >= 0.6 is 27.5 Å². The average Bonchev–Trinajstić information content (AvgIpc) is 2.48. The molecule has 0 aliphatic carbocycles. The Morgan fingerprint density at radius 2 is 2.05 bits per heavy atom. The fourth-order valence-corrected chi connectivity index (χ4v) is 2.61. The molecule has 0 atom stereocenters. The zero-order valence-electron chi connectivity index (χ0n) is 11.8. The normalized spacial score (nSPS) is 10.4. The van der Waals surface area contributed by atoms with Crippen molar-refractivity contribution in [3.05, 3.63) is 63.6 Å². The summed E-state index contributed by atoms with van der Waals surface area (Å²) in [6, 6.07) is 13.6. The quantitative estimate of drug-likeness (QED) is 0.726. The number of anilines is 1. The van der Waals surface area contributed by atoms with E-state index in [0.29, 0.717) is 11.4 Å². The van der Waals surface area contributed by atoms with Crippen LogP contribution in [0.2, 0.25) is 0 Å². The Balaban J connectivity index is 2.14. The third kappa shape index (κ3) is 4.58. The lowest BCUT2D eigenvalue weighted by atomic mass is 10.1. The van der Waals surface area contributed by atoms with Crippen LogP contribution in [0.5, 0.6) is 0 Å². The summed E-state index contributed by atoms with van der Waals surface area (Å²) in [5.41, 5.74) is 3.62. The van der Waals surface area contributed by atoms with Gasteiger partial charge in [-0.2, -0.15) is 0 Å². The topological polar surface area (TPSA) is 29.1 Å². The van der Waals surface area contributed by atoms with Gasteiger partial charge in [0.2, 0.25) is 0 Å². The average molecular weight is 367 g/mol. The van der Waals surface area contributed by atoms with E-state index in [1.807, 2.05) is 49.4 Å². The van der Waals surface area contributed by atoms with Crippen molar-refractivity contribution in [2.75, 3.05) is 11.2 Å². The van der Waals surface area contributed by atoms with Crippen molar-refractivity contribution in [2.24, 2.45) is 0 Å². The first kappa shape index (κ1) is 16.1. The van der Waals surface area contributed by atoms with Crippen LogP contribution in [-0.2, 0) is 6.42 Å². The third-order valence-corrected chi connectivity index (χ3v) is 3.99. The van der Waals surface area contributed by atoms with Gasteiger partial charge in [0.25, 0.3) is 5.91 Å². The molecule has 21 heavy (non-hydrogen) atoms. The van der Waals surface area contributed by atoms with Crippen LogP contribution in [-0.4, -0.2) is 11.8 Å². The molecular formula is C17H17BrClNO. The highest BCUT2D eigenvalue weighted by atomic mass is 79.9. The molecule has 4 heteroatoms. The summed E-state index contributed by atoms with van der Waals surface area (Å²) in [5.74, 6) is 0.552. The first-order valence-electron chi connectivity index (χ1n) is 6.82. The minimum absolute atomic E-state index is 0.0942. The van der Waals surface area contributed by atoms with Crippen molar-refractivity contribution in [2.45, 2.75) is 19.8 Å². The lowest BCUT2D eigenvalue weighted by Gasteiger charge is -2.09. The highest BCUT2D eigenvalue weighted by molar-refractivity contribution is 9.10. The minimum Gasteiger partial charge on any atom is -0.322 e. The van der Waals surface area contributed by atoms with Crippen LogP contribution < -0.4 is 5.32 Å². The molecule has 0 aliphatic rings. The smallest absolute Gasteiger partial charge is 0.255 e. The summed E-state index contributed by atoms with van der Waals surface area (Å²) in [7, 11) is 0. The monoisotopic (exact) mass is 365 g/mol. The van der Waals surface area contributed by atoms with E-state index in [9.17, 15) is 4.79 Å². The lowest BCUT2D eigenvalue weighted by Crippen LogP contribution is -2.13. The highest BCUT2D eigenvalue weighted by Crippen LogP contribution is 2.19. The van der Waals surface area contributed by atoms with Crippen LogP contribution in [0.4, 0.5) is 5.69 Å². The molecule has 2 aromatic rings. The van der Waals surface area contributed by atoms with Crippen LogP contribution in [0.3, 0.4) is 0 Å². The molecule has 0 radical (unpaired) electrons. The van der Waals surface area contributed by atoms with Crippen molar-refractivity contribution in [1.82, 2.24) is 0 Å². The Morgan fingerprint density at radius 1 is 1.24 bits per heavy atom. The van der Waals surface area contributed by atoms with Gasteiger partial charge in [0, 0.05) is 21.6 Å². The molecule has 2 rings (SSSR count). The number of halogens is 2. The van der Waals surface area contributed by atoms with Crippen molar-refractivity contribution >= 4 is 39.1 Å². The van der Waals surface area contributed by atoms with Crippen molar-refractivity contribution in [3.8, 4) is 0 Å². The van der Waals surface area contributed by atoms with Gasteiger partial charge in [0.15, 0.2) is 0 Å². The fourth-order valence-electron chi connectivity index (χ4n) is 2.11. The summed E-state index contributed by atoms with van der Waals surface area (Å²) in [6.45, 7) is 1.93. The Hall–Kier alpha value is -1.32. The predicted molar refractivity (Wildman–Crippen MR) is 92.3 cm³/mol. The van der Waals surface area contributed by atoms with E-state index in [-0.39, 0.29) is 5.91 Å². The summed E-state index contributed by atoms with van der Waals surface area (Å²) in [5, 5.41) is 2.95. The molecule has 0 fully saturated rings. The second kappa shape index (κ2) is 7.62. The van der Waals surface area contributed by atoms with E-state index in [4.69, 9.17) is 11.6 Å². The molecule has 0 heterocycles. The minimum atomic E-state index is -0.0942. The van der Waals surface area contributed by atoms with Crippen LogP contribution in [0, 0.1) is 6.92 Å². The standard InChI is InChI=1S/C17H17BrClNO/c1-12-7-8-14(18)11-16(12)17(21)20-15-6-2-4-13(10-15)5-3-9-19/h2,4,6-8,10-11H,3,5,9H2,1H3,(H,20,21). The highest BCUT2D eigenvalue weighted by Gasteiger charge is 2.10.